The summed E-state index contributed by atoms with van der Waals surface area (Å²) in [5.41, 5.74) is -1.47. The Morgan fingerprint density at radius 1 is 1.04 bits per heavy atom. The molecule has 0 spiro atoms. The number of rotatable bonds is 7. The van der Waals surface area contributed by atoms with Crippen molar-refractivity contribution in [3.05, 3.63) is 53.3 Å². The van der Waals surface area contributed by atoms with Crippen molar-refractivity contribution in [2.75, 3.05) is 44.4 Å². The first-order chi connectivity index (χ1) is 23.2. The van der Waals surface area contributed by atoms with Crippen LogP contribution in [0.1, 0.15) is 44.6 Å². The van der Waals surface area contributed by atoms with Crippen LogP contribution >= 0.6 is 0 Å². The van der Waals surface area contributed by atoms with Gasteiger partial charge >= 0.3 is 6.01 Å². The maximum Gasteiger partial charge on any atom is 0.319 e. The van der Waals surface area contributed by atoms with Crippen LogP contribution in [0.5, 0.6) is 11.8 Å². The average molecular weight is 660 g/mol. The first kappa shape index (κ1) is 31.1. The minimum Gasteiger partial charge on any atom is -0.508 e. The minimum absolute atomic E-state index is 0.0849. The summed E-state index contributed by atoms with van der Waals surface area (Å²) >= 11 is 0. The van der Waals surface area contributed by atoms with Gasteiger partial charge in [-0.15, -0.1) is 6.42 Å². The molecule has 1 aromatic heterocycles. The Balaban J connectivity index is 1.27. The molecule has 48 heavy (non-hydrogen) atoms. The number of alkyl halides is 1. The number of hydrogen-bond donors (Lipinski definition) is 2. The van der Waals surface area contributed by atoms with E-state index in [9.17, 15) is 13.9 Å². The van der Waals surface area contributed by atoms with Crippen molar-refractivity contribution in [1.82, 2.24) is 20.2 Å². The molecule has 1 aliphatic carbocycles. The summed E-state index contributed by atoms with van der Waals surface area (Å²) in [5, 5.41) is 14.7. The van der Waals surface area contributed by atoms with Gasteiger partial charge in [0.05, 0.1) is 24.4 Å². The Kier molecular flexibility index (Phi) is 7.64. The topological polar surface area (TPSA) is 73.8 Å². The van der Waals surface area contributed by atoms with E-state index in [-0.39, 0.29) is 63.8 Å². The monoisotopic (exact) mass is 659 g/mol. The van der Waals surface area contributed by atoms with Crippen molar-refractivity contribution in [2.24, 2.45) is 11.3 Å². The number of nitrogens with one attached hydrogen (secondary N) is 1. The van der Waals surface area contributed by atoms with Crippen LogP contribution in [-0.2, 0) is 0 Å². The number of fused-ring (bicyclic) bond motifs is 4. The second-order valence-electron chi connectivity index (χ2n) is 14.3. The van der Waals surface area contributed by atoms with Gasteiger partial charge in [-0.05, 0) is 74.2 Å². The number of halogens is 4. The third kappa shape index (κ3) is 5.30. The smallest absolute Gasteiger partial charge is 0.319 e. The van der Waals surface area contributed by atoms with E-state index in [1.807, 2.05) is 11.8 Å². The van der Waals surface area contributed by atoms with E-state index >= 15 is 8.78 Å². The zero-order valence-electron chi connectivity index (χ0n) is 26.7. The molecule has 2 bridgehead atoms. The normalized spacial score (nSPS) is 25.9. The number of anilines is 1. The lowest BCUT2D eigenvalue weighted by Crippen LogP contribution is -2.52. The molecule has 3 saturated heterocycles. The number of likely N-dealkylation sites (tertiary alicyclic amines) is 1. The molecule has 1 saturated carbocycles. The number of aromatic hydroxyl groups is 1. The highest BCUT2D eigenvalue weighted by Crippen LogP contribution is 2.43. The molecule has 2 N–H and O–H groups in total. The van der Waals surface area contributed by atoms with Gasteiger partial charge in [-0.2, -0.15) is 9.97 Å². The van der Waals surface area contributed by atoms with Crippen LogP contribution in [0, 0.1) is 41.1 Å². The molecule has 4 fully saturated rings. The van der Waals surface area contributed by atoms with E-state index in [0.29, 0.717) is 36.9 Å². The summed E-state index contributed by atoms with van der Waals surface area (Å²) in [5.74, 6) is -0.494. The predicted molar refractivity (Wildman–Crippen MR) is 176 cm³/mol. The van der Waals surface area contributed by atoms with E-state index in [4.69, 9.17) is 16.1 Å². The van der Waals surface area contributed by atoms with Gasteiger partial charge in [-0.1, -0.05) is 18.9 Å². The third-order valence-corrected chi connectivity index (χ3v) is 10.9. The second-order valence-corrected chi connectivity index (χ2v) is 14.3. The lowest BCUT2D eigenvalue weighted by Gasteiger charge is -2.45. The Bertz CT molecular complexity index is 1970. The number of piperidine rings is 1. The molecule has 11 heteroatoms. The summed E-state index contributed by atoms with van der Waals surface area (Å²) in [4.78, 5) is 13.7. The zero-order valence-corrected chi connectivity index (χ0v) is 26.7. The van der Waals surface area contributed by atoms with Gasteiger partial charge in [0.15, 0.2) is 5.82 Å². The summed E-state index contributed by atoms with van der Waals surface area (Å²) in [6.45, 7) is 4.38. The lowest BCUT2D eigenvalue weighted by molar-refractivity contribution is -0.0122. The molecule has 3 aliphatic heterocycles. The highest BCUT2D eigenvalue weighted by molar-refractivity contribution is 6.04. The van der Waals surface area contributed by atoms with Gasteiger partial charge in [-0.25, -0.2) is 13.2 Å². The molecule has 0 radical (unpaired) electrons. The van der Waals surface area contributed by atoms with Crippen LogP contribution < -0.4 is 15.0 Å². The van der Waals surface area contributed by atoms with Crippen LogP contribution in [-0.4, -0.2) is 77.6 Å². The first-order valence-electron chi connectivity index (χ1n) is 16.7. The van der Waals surface area contributed by atoms with E-state index in [1.54, 1.807) is 0 Å². The van der Waals surface area contributed by atoms with Crippen LogP contribution in [0.3, 0.4) is 0 Å². The third-order valence-electron chi connectivity index (χ3n) is 10.9. The standard InChI is InChI=1S/C37H37F4N5O2/c1-3-26-29(39)9-4-20-12-25(47)13-27(31(20)26)32-30(40)14-28-34(33(32)41)43-36(44-35(28)46-16-22-5-6-23(17-46)42-22)48-19-37(2)18-45(24-7-8-24)11-10-21(37)15-38/h1,4,9,12-14,21-24,42,47H,5-8,10-11,15-19H2,2H3/t21-,22-,23+,37-/m1/s1. The maximum absolute atomic E-state index is 16.9. The number of terminal acetylenes is 1. The summed E-state index contributed by atoms with van der Waals surface area (Å²) in [7, 11) is 0. The van der Waals surface area contributed by atoms with Crippen LogP contribution in [0.15, 0.2) is 30.3 Å². The highest BCUT2D eigenvalue weighted by Gasteiger charge is 2.44. The molecule has 250 valence electrons. The lowest BCUT2D eigenvalue weighted by atomic mass is 9.73. The quantitative estimate of drug-likeness (QED) is 0.177. The Morgan fingerprint density at radius 2 is 1.81 bits per heavy atom. The number of phenols is 1. The second kappa shape index (κ2) is 11.8. The number of piperazine rings is 1. The number of aromatic nitrogens is 2. The van der Waals surface area contributed by atoms with Gasteiger partial charge < -0.3 is 20.1 Å². The first-order valence-corrected chi connectivity index (χ1v) is 16.7. The Hall–Kier alpha value is -4.14. The number of benzene rings is 3. The fourth-order valence-electron chi connectivity index (χ4n) is 8.20. The number of nitrogens with zero attached hydrogens (tertiary/aromatic N) is 4. The molecule has 7 nitrogen and oxygen atoms in total. The van der Waals surface area contributed by atoms with E-state index in [2.05, 4.69) is 21.1 Å². The molecule has 0 unspecified atom stereocenters. The highest BCUT2D eigenvalue weighted by atomic mass is 19.1. The maximum atomic E-state index is 16.9. The van der Waals surface area contributed by atoms with E-state index in [1.165, 1.54) is 24.3 Å². The van der Waals surface area contributed by atoms with Gasteiger partial charge in [0.1, 0.15) is 28.7 Å². The average Bonchev–Trinajstić information content (AvgIpc) is 3.87. The SMILES string of the molecule is C#Cc1c(F)ccc2cc(O)cc(-c3c(F)cc4c(N5C[C@H]6CC[C@@H](C5)N6)nc(OC[C@@]5(C)CN(C6CC6)CC[C@@H]5CF)nc4c3F)c12. The van der Waals surface area contributed by atoms with E-state index < -0.39 is 35.1 Å². The molecular weight excluding hydrogens is 622 g/mol. The molecule has 3 aromatic carbocycles. The summed E-state index contributed by atoms with van der Waals surface area (Å²) in [6.07, 6.45) is 10.6. The zero-order chi connectivity index (χ0) is 33.3. The van der Waals surface area contributed by atoms with Gasteiger partial charge in [0.25, 0.3) is 0 Å². The van der Waals surface area contributed by atoms with Crippen molar-refractivity contribution in [3.63, 3.8) is 0 Å². The fourth-order valence-corrected chi connectivity index (χ4v) is 8.20. The van der Waals surface area contributed by atoms with Crippen molar-refractivity contribution < 1.29 is 27.4 Å². The minimum atomic E-state index is -1.01. The molecule has 4 aromatic rings. The van der Waals surface area contributed by atoms with Gasteiger partial charge in [0, 0.05) is 59.5 Å². The van der Waals surface area contributed by atoms with Crippen molar-refractivity contribution in [1.29, 1.82) is 0 Å². The van der Waals surface area contributed by atoms with Crippen LogP contribution in [0.2, 0.25) is 0 Å². The molecule has 0 amide bonds. The Morgan fingerprint density at radius 3 is 2.52 bits per heavy atom. The van der Waals surface area contributed by atoms with Crippen molar-refractivity contribution >= 4 is 27.5 Å². The van der Waals surface area contributed by atoms with Gasteiger partial charge in [-0.3, -0.25) is 9.29 Å². The molecule has 4 atom stereocenters. The molecular formula is C37H37F4N5O2. The fraction of sp³-hybridized carbons (Fsp3) is 0.459. The summed E-state index contributed by atoms with van der Waals surface area (Å²) in [6, 6.07) is 7.15. The molecule has 4 heterocycles. The largest absolute Gasteiger partial charge is 0.508 e. The molecule has 4 aliphatic rings. The Labute approximate surface area is 276 Å². The predicted octanol–water partition coefficient (Wildman–Crippen LogP) is 6.33. The van der Waals surface area contributed by atoms with E-state index in [0.717, 1.165) is 44.7 Å². The number of ether oxygens (including phenoxy) is 1. The van der Waals surface area contributed by atoms with Crippen LogP contribution in [0.4, 0.5) is 23.4 Å². The van der Waals surface area contributed by atoms with Crippen molar-refractivity contribution in [3.8, 4) is 35.2 Å². The number of phenolic OH excluding ortho intramolecular Hbond substituents is 1. The number of hydrogen-bond acceptors (Lipinski definition) is 7. The van der Waals surface area contributed by atoms with Crippen LogP contribution in [0.25, 0.3) is 32.8 Å². The molecule has 8 rings (SSSR count). The van der Waals surface area contributed by atoms with Crippen molar-refractivity contribution in [2.45, 2.75) is 57.2 Å². The summed E-state index contributed by atoms with van der Waals surface area (Å²) < 4.78 is 68.7. The van der Waals surface area contributed by atoms with Gasteiger partial charge in [0.2, 0.25) is 0 Å².